The molecule has 1 N–H and O–H groups in total. The van der Waals surface area contributed by atoms with Gasteiger partial charge in [0.15, 0.2) is 0 Å². The van der Waals surface area contributed by atoms with Crippen LogP contribution in [0.3, 0.4) is 0 Å². The molecule has 0 heterocycles. The molecule has 0 saturated heterocycles. The summed E-state index contributed by atoms with van der Waals surface area (Å²) in [4.78, 5) is 11.8. The molecule has 19 heavy (non-hydrogen) atoms. The lowest BCUT2D eigenvalue weighted by Gasteiger charge is -2.05. The zero-order chi connectivity index (χ0) is 13.8. The first-order valence-electron chi connectivity index (χ1n) is 5.46. The average Bonchev–Trinajstić information content (AvgIpc) is 2.37. The minimum Gasteiger partial charge on any atom is -0.478 e. The number of hydrogen-bond acceptors (Lipinski definition) is 2. The van der Waals surface area contributed by atoms with Crippen LogP contribution < -0.4 is 0 Å². The number of rotatable bonds is 4. The van der Waals surface area contributed by atoms with Crippen LogP contribution in [-0.2, 0) is 5.75 Å². The molecule has 0 aliphatic carbocycles. The van der Waals surface area contributed by atoms with E-state index in [4.69, 9.17) is 5.11 Å². The van der Waals surface area contributed by atoms with Gasteiger partial charge in [-0.1, -0.05) is 12.1 Å². The van der Waals surface area contributed by atoms with Crippen molar-refractivity contribution in [2.24, 2.45) is 0 Å². The smallest absolute Gasteiger partial charge is 0.336 e. The fourth-order valence-corrected chi connectivity index (χ4v) is 2.85. The van der Waals surface area contributed by atoms with Gasteiger partial charge in [0.25, 0.3) is 0 Å². The van der Waals surface area contributed by atoms with Crippen LogP contribution in [0.25, 0.3) is 0 Å². The summed E-state index contributed by atoms with van der Waals surface area (Å²) in [5, 5.41) is 9.02. The lowest BCUT2D eigenvalue weighted by atomic mass is 10.2. The molecule has 2 rings (SSSR count). The molecule has 0 amide bonds. The van der Waals surface area contributed by atoms with Crippen molar-refractivity contribution in [3.8, 4) is 0 Å². The Balaban J connectivity index is 2.12. The van der Waals surface area contributed by atoms with Gasteiger partial charge in [0.05, 0.1) is 5.56 Å². The molecule has 0 spiro atoms. The summed E-state index contributed by atoms with van der Waals surface area (Å²) in [7, 11) is 0. The molecule has 2 aromatic carbocycles. The number of benzene rings is 2. The molecule has 0 aliphatic rings. The molecule has 5 heteroatoms. The van der Waals surface area contributed by atoms with E-state index in [0.717, 1.165) is 10.5 Å². The van der Waals surface area contributed by atoms with Crippen molar-refractivity contribution in [2.75, 3.05) is 0 Å². The molecule has 0 fully saturated rings. The first kappa shape index (κ1) is 14.1. The van der Waals surface area contributed by atoms with Crippen molar-refractivity contribution in [3.05, 3.63) is 63.9 Å². The molecular weight excluding hydrogens is 331 g/mol. The third-order valence-electron chi connectivity index (χ3n) is 2.46. The Labute approximate surface area is 122 Å². The van der Waals surface area contributed by atoms with Crippen molar-refractivity contribution in [3.63, 3.8) is 0 Å². The highest BCUT2D eigenvalue weighted by molar-refractivity contribution is 9.10. The van der Waals surface area contributed by atoms with Gasteiger partial charge in [-0.15, -0.1) is 11.8 Å². The highest BCUT2D eigenvalue weighted by Gasteiger charge is 2.09. The predicted octanol–water partition coefficient (Wildman–Crippen LogP) is 4.58. The molecule has 0 unspecified atom stereocenters. The van der Waals surface area contributed by atoms with E-state index in [9.17, 15) is 9.18 Å². The minimum absolute atomic E-state index is 0.226. The van der Waals surface area contributed by atoms with Crippen LogP contribution >= 0.6 is 27.7 Å². The molecule has 98 valence electrons. The van der Waals surface area contributed by atoms with E-state index in [1.54, 1.807) is 18.2 Å². The first-order valence-corrected chi connectivity index (χ1v) is 7.24. The topological polar surface area (TPSA) is 37.3 Å². The van der Waals surface area contributed by atoms with Crippen molar-refractivity contribution < 1.29 is 14.3 Å². The quantitative estimate of drug-likeness (QED) is 0.827. The van der Waals surface area contributed by atoms with Crippen molar-refractivity contribution in [1.29, 1.82) is 0 Å². The van der Waals surface area contributed by atoms with Crippen LogP contribution in [-0.4, -0.2) is 11.1 Å². The van der Waals surface area contributed by atoms with Crippen LogP contribution in [0.4, 0.5) is 4.39 Å². The van der Waals surface area contributed by atoms with Crippen LogP contribution in [0.5, 0.6) is 0 Å². The van der Waals surface area contributed by atoms with Crippen LogP contribution in [0.1, 0.15) is 15.9 Å². The second kappa shape index (κ2) is 6.21. The molecule has 0 radical (unpaired) electrons. The van der Waals surface area contributed by atoms with Gasteiger partial charge < -0.3 is 5.11 Å². The number of hydrogen-bond donors (Lipinski definition) is 1. The second-order valence-electron chi connectivity index (χ2n) is 3.87. The van der Waals surface area contributed by atoms with Crippen LogP contribution in [0.15, 0.2) is 51.8 Å². The second-order valence-corrected chi connectivity index (χ2v) is 5.77. The summed E-state index contributed by atoms with van der Waals surface area (Å²) in [6.07, 6.45) is 0. The first-order chi connectivity index (χ1) is 9.06. The SMILES string of the molecule is O=C(O)c1cc(SCc2cccc(F)c2)ccc1Br. The van der Waals surface area contributed by atoms with E-state index in [-0.39, 0.29) is 11.4 Å². The van der Waals surface area contributed by atoms with Gasteiger partial charge in [-0.05, 0) is 51.8 Å². The molecule has 2 nitrogen and oxygen atoms in total. The van der Waals surface area contributed by atoms with Gasteiger partial charge in [0.2, 0.25) is 0 Å². The molecule has 0 aromatic heterocycles. The largest absolute Gasteiger partial charge is 0.478 e. The maximum Gasteiger partial charge on any atom is 0.336 e. The number of halogens is 2. The molecule has 2 aromatic rings. The van der Waals surface area contributed by atoms with Gasteiger partial charge >= 0.3 is 5.97 Å². The van der Waals surface area contributed by atoms with E-state index >= 15 is 0 Å². The van der Waals surface area contributed by atoms with Crippen molar-refractivity contribution >= 4 is 33.7 Å². The average molecular weight is 341 g/mol. The Kier molecular flexibility index (Phi) is 4.61. The van der Waals surface area contributed by atoms with E-state index in [1.165, 1.54) is 23.9 Å². The summed E-state index contributed by atoms with van der Waals surface area (Å²) in [5.74, 6) is -0.640. The molecular formula is C14H10BrFO2S. The summed E-state index contributed by atoms with van der Waals surface area (Å²) < 4.78 is 13.6. The van der Waals surface area contributed by atoms with Gasteiger partial charge in [0, 0.05) is 15.1 Å². The van der Waals surface area contributed by atoms with E-state index in [1.807, 2.05) is 12.1 Å². The Morgan fingerprint density at radius 3 is 2.74 bits per heavy atom. The Bertz CT molecular complexity index is 616. The Morgan fingerprint density at radius 2 is 2.05 bits per heavy atom. The highest BCUT2D eigenvalue weighted by Crippen LogP contribution is 2.27. The normalized spacial score (nSPS) is 10.4. The summed E-state index contributed by atoms with van der Waals surface area (Å²) in [6, 6.07) is 11.5. The van der Waals surface area contributed by atoms with E-state index in [0.29, 0.717) is 10.2 Å². The van der Waals surface area contributed by atoms with Crippen molar-refractivity contribution in [2.45, 2.75) is 10.6 Å². The standard InChI is InChI=1S/C14H10BrFO2S/c15-13-5-4-11(7-12(13)14(17)18)19-8-9-2-1-3-10(16)6-9/h1-7H,8H2,(H,17,18). The fourth-order valence-electron chi connectivity index (χ4n) is 1.55. The fraction of sp³-hybridized carbons (Fsp3) is 0.0714. The monoisotopic (exact) mass is 340 g/mol. The van der Waals surface area contributed by atoms with E-state index < -0.39 is 5.97 Å². The van der Waals surface area contributed by atoms with Gasteiger partial charge in [0.1, 0.15) is 5.82 Å². The number of carbonyl (C=O) groups is 1. The van der Waals surface area contributed by atoms with E-state index in [2.05, 4.69) is 15.9 Å². The third-order valence-corrected chi connectivity index (χ3v) is 4.22. The maximum atomic E-state index is 13.0. The molecule has 0 saturated carbocycles. The summed E-state index contributed by atoms with van der Waals surface area (Å²) >= 11 is 4.67. The van der Waals surface area contributed by atoms with Crippen LogP contribution in [0.2, 0.25) is 0 Å². The minimum atomic E-state index is -0.972. The maximum absolute atomic E-state index is 13.0. The number of carboxylic acids is 1. The highest BCUT2D eigenvalue weighted by atomic mass is 79.9. The molecule has 0 bridgehead atoms. The molecule has 0 atom stereocenters. The van der Waals surface area contributed by atoms with Gasteiger partial charge in [-0.2, -0.15) is 0 Å². The predicted molar refractivity (Wildman–Crippen MR) is 77.1 cm³/mol. The zero-order valence-electron chi connectivity index (χ0n) is 9.77. The Morgan fingerprint density at radius 1 is 1.26 bits per heavy atom. The number of carboxylic acid groups (broad SMARTS) is 1. The van der Waals surface area contributed by atoms with Crippen LogP contribution in [0, 0.1) is 5.82 Å². The zero-order valence-corrected chi connectivity index (χ0v) is 12.2. The third kappa shape index (κ3) is 3.81. The Hall–Kier alpha value is -1.33. The number of thioether (sulfide) groups is 1. The summed E-state index contributed by atoms with van der Waals surface area (Å²) in [5.41, 5.74) is 1.09. The van der Waals surface area contributed by atoms with Crippen molar-refractivity contribution in [1.82, 2.24) is 0 Å². The molecule has 0 aliphatic heterocycles. The lowest BCUT2D eigenvalue weighted by Crippen LogP contribution is -1.97. The van der Waals surface area contributed by atoms with Gasteiger partial charge in [-0.3, -0.25) is 0 Å². The number of aromatic carboxylic acids is 1. The van der Waals surface area contributed by atoms with Gasteiger partial charge in [-0.25, -0.2) is 9.18 Å². The summed E-state index contributed by atoms with van der Waals surface area (Å²) in [6.45, 7) is 0. The lowest BCUT2D eigenvalue weighted by molar-refractivity contribution is 0.0695.